The van der Waals surface area contributed by atoms with Crippen molar-refractivity contribution in [1.82, 2.24) is 0 Å². The van der Waals surface area contributed by atoms with E-state index in [2.05, 4.69) is 15.9 Å². The maximum absolute atomic E-state index is 8.85. The van der Waals surface area contributed by atoms with Gasteiger partial charge in [0.15, 0.2) is 0 Å². The van der Waals surface area contributed by atoms with Crippen molar-refractivity contribution < 1.29 is 5.11 Å². The molecule has 0 aromatic carbocycles. The average Bonchev–Trinajstić information content (AvgIpc) is 1.90. The molecule has 0 bridgehead atoms. The van der Waals surface area contributed by atoms with E-state index in [9.17, 15) is 0 Å². The van der Waals surface area contributed by atoms with E-state index < -0.39 is 0 Å². The first-order valence-corrected chi connectivity index (χ1v) is 3.61. The van der Waals surface area contributed by atoms with Crippen LogP contribution in [-0.4, -0.2) is 5.11 Å². The lowest BCUT2D eigenvalue weighted by Gasteiger charge is -2.01. The summed E-state index contributed by atoms with van der Waals surface area (Å²) in [5.41, 5.74) is 1.17. The molecular formula is C7H7BrO. The number of halogens is 1. The zero-order valence-electron chi connectivity index (χ0n) is 4.84. The zero-order valence-corrected chi connectivity index (χ0v) is 6.43. The molecule has 0 spiro atoms. The summed E-state index contributed by atoms with van der Waals surface area (Å²) in [4.78, 5) is 1.85. The molecule has 0 aromatic rings. The van der Waals surface area contributed by atoms with Gasteiger partial charge >= 0.3 is 0 Å². The predicted molar refractivity (Wildman–Crippen MR) is 41.5 cm³/mol. The van der Waals surface area contributed by atoms with Crippen molar-refractivity contribution in [2.24, 2.45) is 0 Å². The Balaban J connectivity index is 2.70. The van der Waals surface area contributed by atoms with Crippen molar-refractivity contribution in [3.05, 3.63) is 34.5 Å². The summed E-state index contributed by atoms with van der Waals surface area (Å²) in [5.74, 6) is 0.355. The van der Waals surface area contributed by atoms with Crippen molar-refractivity contribution in [2.75, 3.05) is 0 Å². The fraction of sp³-hybridized carbons (Fsp3) is 0.143. The minimum atomic E-state index is 0.355. The minimum absolute atomic E-state index is 0.355. The van der Waals surface area contributed by atoms with Crippen LogP contribution in [-0.2, 0) is 0 Å². The Morgan fingerprint density at radius 3 is 2.78 bits per heavy atom. The van der Waals surface area contributed by atoms with Gasteiger partial charge in [0.05, 0.1) is 0 Å². The molecule has 9 heavy (non-hydrogen) atoms. The quantitative estimate of drug-likeness (QED) is 0.617. The van der Waals surface area contributed by atoms with Gasteiger partial charge in [-0.3, -0.25) is 0 Å². The van der Waals surface area contributed by atoms with E-state index in [4.69, 9.17) is 5.11 Å². The third-order valence-corrected chi connectivity index (χ3v) is 1.74. The fourth-order valence-corrected chi connectivity index (χ4v) is 0.971. The molecule has 0 saturated carbocycles. The summed E-state index contributed by atoms with van der Waals surface area (Å²) in [6.45, 7) is 0. The molecule has 1 nitrogen and oxygen atoms in total. The molecular weight excluding hydrogens is 180 g/mol. The molecule has 0 atom stereocenters. The van der Waals surface area contributed by atoms with Crippen LogP contribution in [0.1, 0.15) is 6.42 Å². The molecule has 0 unspecified atom stereocenters. The highest BCUT2D eigenvalue weighted by atomic mass is 79.9. The van der Waals surface area contributed by atoms with Crippen LogP contribution in [0.4, 0.5) is 0 Å². The van der Waals surface area contributed by atoms with Gasteiger partial charge in [0.1, 0.15) is 5.76 Å². The lowest BCUT2D eigenvalue weighted by atomic mass is 10.1. The summed E-state index contributed by atoms with van der Waals surface area (Å²) >= 11 is 3.21. The molecule has 0 amide bonds. The summed E-state index contributed by atoms with van der Waals surface area (Å²) in [6, 6.07) is 0. The molecule has 0 aliphatic heterocycles. The van der Waals surface area contributed by atoms with Crippen LogP contribution in [0.5, 0.6) is 0 Å². The number of rotatable bonds is 0. The van der Waals surface area contributed by atoms with Gasteiger partial charge in [0, 0.05) is 0 Å². The van der Waals surface area contributed by atoms with Crippen LogP contribution in [0.15, 0.2) is 34.5 Å². The number of aliphatic hydroxyl groups excluding tert-OH is 1. The highest BCUT2D eigenvalue weighted by molar-refractivity contribution is 9.11. The Morgan fingerprint density at radius 2 is 2.33 bits per heavy atom. The van der Waals surface area contributed by atoms with E-state index in [1.165, 1.54) is 5.57 Å². The second kappa shape index (κ2) is 2.87. The molecule has 0 saturated heterocycles. The number of hydrogen-bond acceptors (Lipinski definition) is 1. The summed E-state index contributed by atoms with van der Waals surface area (Å²) in [6.07, 6.45) is 6.14. The smallest absolute Gasteiger partial charge is 0.111 e. The number of hydrogen-bond donors (Lipinski definition) is 1. The highest BCUT2D eigenvalue weighted by Gasteiger charge is 1.96. The van der Waals surface area contributed by atoms with Gasteiger partial charge in [0.25, 0.3) is 0 Å². The fourth-order valence-electron chi connectivity index (χ4n) is 0.632. The van der Waals surface area contributed by atoms with Crippen molar-refractivity contribution in [1.29, 1.82) is 0 Å². The van der Waals surface area contributed by atoms with Gasteiger partial charge in [0.2, 0.25) is 0 Å². The average molecular weight is 187 g/mol. The molecule has 0 fully saturated rings. The van der Waals surface area contributed by atoms with E-state index in [0.29, 0.717) is 5.76 Å². The highest BCUT2D eigenvalue weighted by Crippen LogP contribution is 2.14. The Bertz CT molecular complexity index is 189. The third kappa shape index (κ3) is 1.72. The maximum Gasteiger partial charge on any atom is 0.111 e. The van der Waals surface area contributed by atoms with E-state index in [1.807, 2.05) is 11.1 Å². The largest absolute Gasteiger partial charge is 0.508 e. The van der Waals surface area contributed by atoms with Crippen molar-refractivity contribution in [3.63, 3.8) is 0 Å². The molecule has 1 aliphatic carbocycles. The van der Waals surface area contributed by atoms with Crippen molar-refractivity contribution >= 4 is 15.9 Å². The monoisotopic (exact) mass is 186 g/mol. The summed E-state index contributed by atoms with van der Waals surface area (Å²) < 4.78 is 0. The Labute approximate surface area is 62.5 Å². The first kappa shape index (κ1) is 6.62. The van der Waals surface area contributed by atoms with E-state index in [1.54, 1.807) is 12.2 Å². The second-order valence-electron chi connectivity index (χ2n) is 1.85. The molecule has 1 N–H and O–H groups in total. The van der Waals surface area contributed by atoms with Gasteiger partial charge in [-0.15, -0.1) is 0 Å². The molecule has 1 aliphatic rings. The summed E-state index contributed by atoms with van der Waals surface area (Å²) in [7, 11) is 0. The zero-order chi connectivity index (χ0) is 6.69. The van der Waals surface area contributed by atoms with Gasteiger partial charge in [-0.05, 0) is 29.1 Å². The van der Waals surface area contributed by atoms with Gasteiger partial charge < -0.3 is 5.11 Å². The SMILES string of the molecule is OC1=CCC(=CBr)C=C1. The molecule has 0 aromatic heterocycles. The molecule has 0 heterocycles. The van der Waals surface area contributed by atoms with Gasteiger partial charge in [-0.1, -0.05) is 22.0 Å². The van der Waals surface area contributed by atoms with E-state index >= 15 is 0 Å². The van der Waals surface area contributed by atoms with E-state index in [0.717, 1.165) is 6.42 Å². The van der Waals surface area contributed by atoms with Crippen LogP contribution in [0.25, 0.3) is 0 Å². The normalized spacial score (nSPS) is 22.3. The van der Waals surface area contributed by atoms with Crippen LogP contribution >= 0.6 is 15.9 Å². The maximum atomic E-state index is 8.85. The standard InChI is InChI=1S/C7H7BrO/c8-5-6-1-3-7(9)4-2-6/h1,3-5,9H,2H2. The third-order valence-electron chi connectivity index (χ3n) is 1.16. The minimum Gasteiger partial charge on any atom is -0.508 e. The first-order chi connectivity index (χ1) is 4.33. The molecule has 1 rings (SSSR count). The van der Waals surface area contributed by atoms with Crippen LogP contribution < -0.4 is 0 Å². The molecule has 48 valence electrons. The van der Waals surface area contributed by atoms with Crippen LogP contribution in [0, 0.1) is 0 Å². The lowest BCUT2D eigenvalue weighted by molar-refractivity contribution is 0.429. The van der Waals surface area contributed by atoms with Gasteiger partial charge in [-0.25, -0.2) is 0 Å². The molecule has 2 heteroatoms. The first-order valence-electron chi connectivity index (χ1n) is 2.69. The van der Waals surface area contributed by atoms with Gasteiger partial charge in [-0.2, -0.15) is 0 Å². The second-order valence-corrected chi connectivity index (χ2v) is 2.31. The topological polar surface area (TPSA) is 20.2 Å². The number of allylic oxidation sites excluding steroid dienone is 4. The Morgan fingerprint density at radius 1 is 1.56 bits per heavy atom. The Kier molecular flexibility index (Phi) is 2.11. The lowest BCUT2D eigenvalue weighted by Crippen LogP contribution is -1.84. The van der Waals surface area contributed by atoms with E-state index in [-0.39, 0.29) is 0 Å². The van der Waals surface area contributed by atoms with Crippen molar-refractivity contribution in [2.45, 2.75) is 6.42 Å². The molecule has 0 radical (unpaired) electrons. The van der Waals surface area contributed by atoms with Crippen molar-refractivity contribution in [3.8, 4) is 0 Å². The van der Waals surface area contributed by atoms with Crippen LogP contribution in [0.2, 0.25) is 0 Å². The predicted octanol–water partition coefficient (Wildman–Crippen LogP) is 2.67. The van der Waals surface area contributed by atoms with Crippen LogP contribution in [0.3, 0.4) is 0 Å². The number of aliphatic hydroxyl groups is 1. The summed E-state index contributed by atoms with van der Waals surface area (Å²) in [5, 5.41) is 8.85. The Hall–Kier alpha value is -0.500.